The molecule has 0 unspecified atom stereocenters. The van der Waals surface area contributed by atoms with E-state index in [1.807, 2.05) is 25.3 Å². The van der Waals surface area contributed by atoms with Crippen LogP contribution in [0.25, 0.3) is 0 Å². The summed E-state index contributed by atoms with van der Waals surface area (Å²) >= 11 is 1.33. The second-order valence-electron chi connectivity index (χ2n) is 5.37. The lowest BCUT2D eigenvalue weighted by atomic mass is 10.2. The summed E-state index contributed by atoms with van der Waals surface area (Å²) in [6.07, 6.45) is 5.85. The largest absolute Gasteiger partial charge is 0.454 e. The molecule has 0 atom stereocenters. The zero-order valence-electron chi connectivity index (χ0n) is 14.1. The van der Waals surface area contributed by atoms with Gasteiger partial charge < -0.3 is 10.5 Å². The Hall–Kier alpha value is -3.33. The monoisotopic (exact) mass is 370 g/mol. The number of pyridine rings is 2. The quantitative estimate of drug-likeness (QED) is 0.525. The van der Waals surface area contributed by atoms with Crippen molar-refractivity contribution in [2.75, 3.05) is 5.32 Å². The van der Waals surface area contributed by atoms with Crippen LogP contribution in [0.15, 0.2) is 41.1 Å². The summed E-state index contributed by atoms with van der Waals surface area (Å²) in [7, 11) is 0. The molecular weight excluding hydrogens is 352 g/mol. The highest BCUT2D eigenvalue weighted by Gasteiger charge is 2.16. The van der Waals surface area contributed by atoms with Gasteiger partial charge in [0, 0.05) is 13.0 Å². The summed E-state index contributed by atoms with van der Waals surface area (Å²) in [6, 6.07) is 3.38. The Morgan fingerprint density at radius 1 is 1.31 bits per heavy atom. The van der Waals surface area contributed by atoms with Crippen molar-refractivity contribution in [3.63, 3.8) is 0 Å². The molecule has 1 amide bonds. The highest BCUT2D eigenvalue weighted by Crippen LogP contribution is 2.27. The molecular formula is C17H18N6O2S. The minimum absolute atomic E-state index is 0. The van der Waals surface area contributed by atoms with Crippen LogP contribution in [-0.2, 0) is 0 Å². The van der Waals surface area contributed by atoms with Crippen molar-refractivity contribution < 1.29 is 11.0 Å². The Balaban J connectivity index is 0.00000261. The van der Waals surface area contributed by atoms with E-state index in [2.05, 4.69) is 25.3 Å². The lowest BCUT2D eigenvalue weighted by Gasteiger charge is -2.09. The highest BCUT2D eigenvalue weighted by molar-refractivity contribution is 7.13. The van der Waals surface area contributed by atoms with E-state index in [4.69, 9.17) is 10.5 Å². The van der Waals surface area contributed by atoms with Gasteiger partial charge in [-0.3, -0.25) is 15.1 Å². The van der Waals surface area contributed by atoms with E-state index in [-0.39, 0.29) is 12.8 Å². The molecule has 3 rings (SSSR count). The van der Waals surface area contributed by atoms with E-state index in [1.165, 1.54) is 17.5 Å². The minimum Gasteiger partial charge on any atom is -0.454 e. The number of thiazole rings is 1. The molecule has 0 saturated carbocycles. The van der Waals surface area contributed by atoms with Gasteiger partial charge in [-0.2, -0.15) is 0 Å². The maximum absolute atomic E-state index is 12.6. The van der Waals surface area contributed by atoms with Crippen molar-refractivity contribution in [3.8, 4) is 11.5 Å². The van der Waals surface area contributed by atoms with E-state index < -0.39 is 5.91 Å². The second kappa shape index (κ2) is 7.70. The van der Waals surface area contributed by atoms with Gasteiger partial charge in [-0.15, -0.1) is 11.3 Å². The fourth-order valence-corrected chi connectivity index (χ4v) is 2.81. The molecule has 9 heteroatoms. The zero-order valence-corrected chi connectivity index (χ0v) is 14.9. The third-order valence-corrected chi connectivity index (χ3v) is 4.08. The molecule has 8 nitrogen and oxygen atoms in total. The summed E-state index contributed by atoms with van der Waals surface area (Å²) in [4.78, 5) is 29.0. The normalized spacial score (nSPS) is 10.8. The predicted molar refractivity (Wildman–Crippen MR) is 103 cm³/mol. The van der Waals surface area contributed by atoms with Crippen LogP contribution in [0.4, 0.5) is 10.9 Å². The van der Waals surface area contributed by atoms with Crippen LogP contribution < -0.4 is 15.8 Å². The number of aliphatic imine (C=N–C) groups is 1. The molecule has 0 radical (unpaired) electrons. The standard InChI is InChI=1S/C17H16N6O2S.H2/c1-10-3-12(6-19-5-10)25-13-4-14(15(20-7-13)21-9-18)16(24)23-17-22-11(2)8-26-17;/h3-9H,1-2H3,(H2,18,20,21)(H,22,23,24);1H. The Morgan fingerprint density at radius 2 is 2.12 bits per heavy atom. The number of amides is 1. The fourth-order valence-electron chi connectivity index (χ4n) is 2.13. The van der Waals surface area contributed by atoms with Gasteiger partial charge in [-0.05, 0) is 31.5 Å². The van der Waals surface area contributed by atoms with E-state index in [0.717, 1.165) is 17.6 Å². The van der Waals surface area contributed by atoms with E-state index >= 15 is 0 Å². The van der Waals surface area contributed by atoms with E-state index in [0.29, 0.717) is 16.6 Å². The Bertz CT molecular complexity index is 976. The van der Waals surface area contributed by atoms with Crippen LogP contribution in [-0.4, -0.2) is 27.2 Å². The first-order valence-electron chi connectivity index (χ1n) is 7.62. The van der Waals surface area contributed by atoms with Crippen molar-refractivity contribution in [2.24, 2.45) is 10.7 Å². The van der Waals surface area contributed by atoms with Crippen molar-refractivity contribution in [3.05, 3.63) is 52.9 Å². The van der Waals surface area contributed by atoms with Gasteiger partial charge in [0.25, 0.3) is 5.91 Å². The van der Waals surface area contributed by atoms with Crippen LogP contribution in [0.2, 0.25) is 0 Å². The number of aromatic nitrogens is 3. The van der Waals surface area contributed by atoms with Crippen molar-refractivity contribution in [1.29, 1.82) is 0 Å². The number of nitrogens with one attached hydrogen (secondary N) is 1. The first-order valence-corrected chi connectivity index (χ1v) is 8.50. The molecule has 0 aliphatic carbocycles. The third-order valence-electron chi connectivity index (χ3n) is 3.21. The average molecular weight is 370 g/mol. The van der Waals surface area contributed by atoms with E-state index in [9.17, 15) is 4.79 Å². The Morgan fingerprint density at radius 3 is 2.81 bits per heavy atom. The van der Waals surface area contributed by atoms with E-state index in [1.54, 1.807) is 18.5 Å². The van der Waals surface area contributed by atoms with Crippen LogP contribution in [0.1, 0.15) is 23.0 Å². The molecule has 0 spiro atoms. The fraction of sp³-hybridized carbons (Fsp3) is 0.118. The Kier molecular flexibility index (Phi) is 5.18. The number of aryl methyl sites for hydroxylation is 2. The molecule has 26 heavy (non-hydrogen) atoms. The van der Waals surface area contributed by atoms with Crippen LogP contribution in [0.5, 0.6) is 11.5 Å². The zero-order chi connectivity index (χ0) is 18.5. The summed E-state index contributed by atoms with van der Waals surface area (Å²) < 4.78 is 5.74. The number of carbonyl (C=O) groups is 1. The van der Waals surface area contributed by atoms with Crippen molar-refractivity contribution >= 4 is 34.5 Å². The van der Waals surface area contributed by atoms with Crippen molar-refractivity contribution in [2.45, 2.75) is 13.8 Å². The van der Waals surface area contributed by atoms with Crippen LogP contribution in [0, 0.1) is 13.8 Å². The molecule has 0 bridgehead atoms. The van der Waals surface area contributed by atoms with Gasteiger partial charge in [0.15, 0.2) is 10.9 Å². The molecule has 0 saturated heterocycles. The van der Waals surface area contributed by atoms with Gasteiger partial charge in [0.2, 0.25) is 0 Å². The number of rotatable bonds is 5. The van der Waals surface area contributed by atoms with Gasteiger partial charge in [0.05, 0.1) is 30.0 Å². The number of hydrogen-bond acceptors (Lipinski definition) is 7. The number of nitrogens with zero attached hydrogens (tertiary/aromatic N) is 4. The first kappa shape index (κ1) is 17.5. The number of anilines is 1. The summed E-state index contributed by atoms with van der Waals surface area (Å²) in [5.74, 6) is 0.714. The van der Waals surface area contributed by atoms with Crippen LogP contribution in [0.3, 0.4) is 0 Å². The molecule has 0 aliphatic rings. The van der Waals surface area contributed by atoms with Gasteiger partial charge >= 0.3 is 0 Å². The van der Waals surface area contributed by atoms with Crippen LogP contribution >= 0.6 is 11.3 Å². The smallest absolute Gasteiger partial charge is 0.261 e. The topological polar surface area (TPSA) is 115 Å². The van der Waals surface area contributed by atoms with Crippen molar-refractivity contribution in [1.82, 2.24) is 15.0 Å². The predicted octanol–water partition coefficient (Wildman–Crippen LogP) is 3.46. The lowest BCUT2D eigenvalue weighted by molar-refractivity contribution is 0.102. The SMILES string of the molecule is Cc1cncc(Oc2cnc(/N=C\N)c(C(=O)Nc3nc(C)cs3)c2)c1.[HH]. The molecule has 3 aromatic heterocycles. The molecule has 0 aromatic carbocycles. The second-order valence-corrected chi connectivity index (χ2v) is 6.23. The summed E-state index contributed by atoms with van der Waals surface area (Å²) in [6.45, 7) is 3.76. The number of ether oxygens (including phenoxy) is 1. The number of carbonyl (C=O) groups excluding carboxylic acids is 1. The molecule has 3 N–H and O–H groups in total. The third kappa shape index (κ3) is 4.19. The number of nitrogens with two attached hydrogens (primary N) is 1. The molecule has 134 valence electrons. The first-order chi connectivity index (χ1) is 12.5. The van der Waals surface area contributed by atoms with Gasteiger partial charge in [-0.25, -0.2) is 15.0 Å². The summed E-state index contributed by atoms with van der Waals surface area (Å²) in [5.41, 5.74) is 7.35. The lowest BCUT2D eigenvalue weighted by Crippen LogP contribution is -2.13. The summed E-state index contributed by atoms with van der Waals surface area (Å²) in [5, 5.41) is 5.06. The maximum Gasteiger partial charge on any atom is 0.261 e. The molecule has 0 fully saturated rings. The molecule has 3 aromatic rings. The minimum atomic E-state index is -0.403. The molecule has 0 aliphatic heterocycles. The molecule has 3 heterocycles. The highest BCUT2D eigenvalue weighted by atomic mass is 32.1. The maximum atomic E-state index is 12.6. The number of hydrogen-bond donors (Lipinski definition) is 2. The van der Waals surface area contributed by atoms with Gasteiger partial charge in [0.1, 0.15) is 11.5 Å². The average Bonchev–Trinajstić information content (AvgIpc) is 3.01. The van der Waals surface area contributed by atoms with Gasteiger partial charge in [-0.1, -0.05) is 0 Å². The Labute approximate surface area is 155 Å².